The minimum Gasteiger partial charge on any atom is -0.480 e. The number of nitrogens with one attached hydrogen (secondary N) is 2. The summed E-state index contributed by atoms with van der Waals surface area (Å²) in [6.07, 6.45) is -0.102. The fourth-order valence-electron chi connectivity index (χ4n) is 2.14. The molecule has 0 aliphatic heterocycles. The number of nitrogens with zero attached hydrogens (tertiary/aromatic N) is 2. The van der Waals surface area contributed by atoms with Crippen molar-refractivity contribution in [3.8, 4) is 0 Å². The van der Waals surface area contributed by atoms with E-state index in [-0.39, 0.29) is 29.6 Å². The lowest BCUT2D eigenvalue weighted by Crippen LogP contribution is -2.26. The maximum Gasteiger partial charge on any atom is 0.294 e. The van der Waals surface area contributed by atoms with Crippen LogP contribution >= 0.6 is 11.6 Å². The van der Waals surface area contributed by atoms with E-state index >= 15 is 0 Å². The number of benzene rings is 2. The molecular weight excluding hydrogens is 372 g/mol. The van der Waals surface area contributed by atoms with Crippen molar-refractivity contribution in [2.45, 2.75) is 19.9 Å². The van der Waals surface area contributed by atoms with Gasteiger partial charge in [0, 0.05) is 17.6 Å². The monoisotopic (exact) mass is 390 g/mol. The highest BCUT2D eigenvalue weighted by molar-refractivity contribution is 6.30. The summed E-state index contributed by atoms with van der Waals surface area (Å²) in [6, 6.07) is 13.2. The number of para-hydroxylation sites is 2. The van der Waals surface area contributed by atoms with Gasteiger partial charge < -0.3 is 10.1 Å². The Labute approximate surface area is 161 Å². The Kier molecular flexibility index (Phi) is 7.57. The summed E-state index contributed by atoms with van der Waals surface area (Å²) >= 11 is 5.83. The van der Waals surface area contributed by atoms with Crippen LogP contribution in [0.2, 0.25) is 5.02 Å². The topological polar surface area (TPSA) is 106 Å². The Morgan fingerprint density at radius 3 is 2.59 bits per heavy atom. The number of hydrogen-bond acceptors (Lipinski definition) is 6. The van der Waals surface area contributed by atoms with E-state index in [4.69, 9.17) is 16.3 Å². The van der Waals surface area contributed by atoms with Gasteiger partial charge in [-0.25, -0.2) is 0 Å². The third-order valence-corrected chi connectivity index (χ3v) is 3.68. The molecule has 0 aliphatic carbocycles. The molecule has 0 saturated heterocycles. The van der Waals surface area contributed by atoms with Crippen LogP contribution in [0.15, 0.2) is 53.6 Å². The third-order valence-electron chi connectivity index (χ3n) is 3.43. The van der Waals surface area contributed by atoms with E-state index in [1.54, 1.807) is 31.2 Å². The minimum absolute atomic E-state index is 0.102. The Balaban J connectivity index is 1.97. The van der Waals surface area contributed by atoms with Crippen LogP contribution in [0, 0.1) is 10.1 Å². The summed E-state index contributed by atoms with van der Waals surface area (Å²) in [5.74, 6) is -0.161. The number of halogens is 1. The summed E-state index contributed by atoms with van der Waals surface area (Å²) in [5.41, 5.74) is 3.58. The second-order valence-corrected chi connectivity index (χ2v) is 5.84. The molecule has 0 unspecified atom stereocenters. The van der Waals surface area contributed by atoms with Gasteiger partial charge in [-0.05, 0) is 30.7 Å². The molecule has 8 nitrogen and oxygen atoms in total. The lowest BCUT2D eigenvalue weighted by atomic mass is 10.2. The molecule has 2 aromatic carbocycles. The number of hydrogen-bond donors (Lipinski definition) is 2. The van der Waals surface area contributed by atoms with Crippen molar-refractivity contribution in [3.05, 3.63) is 69.2 Å². The Bertz CT molecular complexity index is 824. The van der Waals surface area contributed by atoms with E-state index in [0.29, 0.717) is 18.2 Å². The van der Waals surface area contributed by atoms with Crippen molar-refractivity contribution >= 4 is 34.8 Å². The summed E-state index contributed by atoms with van der Waals surface area (Å²) in [4.78, 5) is 22.6. The summed E-state index contributed by atoms with van der Waals surface area (Å²) in [7, 11) is 0. The molecule has 27 heavy (non-hydrogen) atoms. The SMILES string of the molecule is CCO/C(CC(=O)NCc1ccc(Cl)cc1)=N\Nc1ccccc1[N+](=O)[O-]. The Morgan fingerprint density at radius 1 is 1.22 bits per heavy atom. The molecule has 0 aliphatic rings. The molecule has 9 heteroatoms. The van der Waals surface area contributed by atoms with Gasteiger partial charge in [0.25, 0.3) is 5.69 Å². The van der Waals surface area contributed by atoms with Gasteiger partial charge in [0.05, 0.1) is 11.5 Å². The highest BCUT2D eigenvalue weighted by Gasteiger charge is 2.13. The molecular formula is C18H19ClN4O4. The lowest BCUT2D eigenvalue weighted by molar-refractivity contribution is -0.384. The predicted molar refractivity (Wildman–Crippen MR) is 104 cm³/mol. The van der Waals surface area contributed by atoms with E-state index in [9.17, 15) is 14.9 Å². The lowest BCUT2D eigenvalue weighted by Gasteiger charge is -2.09. The van der Waals surface area contributed by atoms with Crippen LogP contribution in [0.25, 0.3) is 0 Å². The van der Waals surface area contributed by atoms with Crippen molar-refractivity contribution in [1.29, 1.82) is 0 Å². The first-order valence-corrected chi connectivity index (χ1v) is 8.57. The van der Waals surface area contributed by atoms with E-state index in [1.807, 2.05) is 12.1 Å². The maximum atomic E-state index is 12.1. The van der Waals surface area contributed by atoms with Gasteiger partial charge in [0.2, 0.25) is 11.8 Å². The van der Waals surface area contributed by atoms with Crippen LogP contribution in [-0.4, -0.2) is 23.3 Å². The number of amides is 1. The van der Waals surface area contributed by atoms with Gasteiger partial charge >= 0.3 is 0 Å². The molecule has 1 amide bonds. The third kappa shape index (κ3) is 6.59. The van der Waals surface area contributed by atoms with Gasteiger partial charge in [-0.2, -0.15) is 0 Å². The predicted octanol–water partition coefficient (Wildman–Crippen LogP) is 3.72. The molecule has 142 valence electrons. The van der Waals surface area contributed by atoms with Crippen molar-refractivity contribution in [2.24, 2.45) is 5.10 Å². The normalized spacial score (nSPS) is 11.0. The second-order valence-electron chi connectivity index (χ2n) is 5.40. The van der Waals surface area contributed by atoms with E-state index in [2.05, 4.69) is 15.8 Å². The van der Waals surface area contributed by atoms with E-state index in [0.717, 1.165) is 5.56 Å². The molecule has 0 saturated carbocycles. The molecule has 0 atom stereocenters. The zero-order chi connectivity index (χ0) is 19.6. The fraction of sp³-hybridized carbons (Fsp3) is 0.222. The average Bonchev–Trinajstić information content (AvgIpc) is 2.66. The van der Waals surface area contributed by atoms with Crippen LogP contribution in [0.4, 0.5) is 11.4 Å². The van der Waals surface area contributed by atoms with E-state index in [1.165, 1.54) is 12.1 Å². The van der Waals surface area contributed by atoms with Crippen molar-refractivity contribution in [3.63, 3.8) is 0 Å². The van der Waals surface area contributed by atoms with Gasteiger partial charge in [0.15, 0.2) is 0 Å². The van der Waals surface area contributed by atoms with Crippen LogP contribution in [0.5, 0.6) is 0 Å². The van der Waals surface area contributed by atoms with Crippen LogP contribution in [-0.2, 0) is 16.1 Å². The smallest absolute Gasteiger partial charge is 0.294 e. The number of nitro benzene ring substituents is 1. The highest BCUT2D eigenvalue weighted by atomic mass is 35.5. The quantitative estimate of drug-likeness (QED) is 0.309. The number of nitro groups is 1. The number of ether oxygens (including phenoxy) is 1. The van der Waals surface area contributed by atoms with Crippen LogP contribution in [0.1, 0.15) is 18.9 Å². The fourth-order valence-corrected chi connectivity index (χ4v) is 2.27. The van der Waals surface area contributed by atoms with Gasteiger partial charge in [0.1, 0.15) is 12.1 Å². The molecule has 2 rings (SSSR count). The number of rotatable bonds is 8. The number of hydrazone groups is 1. The highest BCUT2D eigenvalue weighted by Crippen LogP contribution is 2.23. The van der Waals surface area contributed by atoms with Crippen molar-refractivity contribution < 1.29 is 14.5 Å². The van der Waals surface area contributed by atoms with Gasteiger partial charge in [-0.15, -0.1) is 5.10 Å². The maximum absolute atomic E-state index is 12.1. The summed E-state index contributed by atoms with van der Waals surface area (Å²) < 4.78 is 5.34. The molecule has 2 aromatic rings. The zero-order valence-electron chi connectivity index (χ0n) is 14.6. The molecule has 0 heterocycles. The van der Waals surface area contributed by atoms with Crippen molar-refractivity contribution in [1.82, 2.24) is 5.32 Å². The van der Waals surface area contributed by atoms with Crippen LogP contribution in [0.3, 0.4) is 0 Å². The van der Waals surface area contributed by atoms with Crippen molar-refractivity contribution in [2.75, 3.05) is 12.0 Å². The average molecular weight is 391 g/mol. The molecule has 2 N–H and O–H groups in total. The van der Waals surface area contributed by atoms with E-state index < -0.39 is 4.92 Å². The molecule has 0 radical (unpaired) electrons. The summed E-state index contributed by atoms with van der Waals surface area (Å²) in [6.45, 7) is 2.40. The number of carbonyl (C=O) groups is 1. The molecule has 0 aromatic heterocycles. The largest absolute Gasteiger partial charge is 0.480 e. The number of anilines is 1. The zero-order valence-corrected chi connectivity index (χ0v) is 15.4. The molecule has 0 bridgehead atoms. The first-order chi connectivity index (χ1) is 13.0. The number of carbonyl (C=O) groups excluding carboxylic acids is 1. The summed E-state index contributed by atoms with van der Waals surface area (Å²) in [5, 5.41) is 18.4. The first kappa shape index (κ1) is 20.2. The van der Waals surface area contributed by atoms with Gasteiger partial charge in [-0.1, -0.05) is 35.9 Å². The standard InChI is InChI=1S/C18H19ClN4O4/c1-2-27-18(22-21-15-5-3-4-6-16(15)23(25)26)11-17(24)20-12-13-7-9-14(19)10-8-13/h3-10,21H,2,11-12H2,1H3,(H,20,24)/b22-18-. The molecule has 0 spiro atoms. The molecule has 0 fully saturated rings. The first-order valence-electron chi connectivity index (χ1n) is 8.19. The second kappa shape index (κ2) is 10.1. The van der Waals surface area contributed by atoms with Crippen LogP contribution < -0.4 is 10.7 Å². The van der Waals surface area contributed by atoms with Gasteiger partial charge in [-0.3, -0.25) is 20.3 Å². The Hall–Kier alpha value is -3.13. The Morgan fingerprint density at radius 2 is 1.93 bits per heavy atom. The minimum atomic E-state index is -0.517.